The molecule has 6 atom stereocenters. The van der Waals surface area contributed by atoms with E-state index >= 15 is 0 Å². The second kappa shape index (κ2) is 51.5. The number of rotatable bonds is 58. The standard InChI is InChI=1S/C61H118O17P2/c1-9-54(8)40-32-24-18-20-26-34-42-59(64)72-48-57(78-61(66)44-36-28-19-17-23-31-39-53(6)7)50-76-80(69,70)74-46-55(62)45-73-79(67,68)75-49-56(47-71-58(63)41-33-25-16-12-14-22-30-38-52(4)5)77-60(65)43-35-27-15-11-10-13-21-29-37-51(2)3/h51-57,62H,9-50H2,1-8H3,(H,67,68)(H,69,70)/t54?,55-,56-,57-/m1/s1. The van der Waals surface area contributed by atoms with Crippen LogP contribution in [0.2, 0.25) is 0 Å². The summed E-state index contributed by atoms with van der Waals surface area (Å²) in [5.74, 6) is 0.674. The molecule has 3 unspecified atom stereocenters. The van der Waals surface area contributed by atoms with Gasteiger partial charge in [-0.15, -0.1) is 0 Å². The molecule has 0 bridgehead atoms. The van der Waals surface area contributed by atoms with Gasteiger partial charge in [-0.1, -0.05) is 235 Å². The van der Waals surface area contributed by atoms with Crippen LogP contribution >= 0.6 is 15.6 Å². The van der Waals surface area contributed by atoms with Crippen LogP contribution < -0.4 is 0 Å². The maximum Gasteiger partial charge on any atom is 0.472 e. The number of unbranched alkanes of at least 4 members (excludes halogenated alkanes) is 23. The van der Waals surface area contributed by atoms with E-state index in [0.29, 0.717) is 37.5 Å². The Morgan fingerprint density at radius 3 is 0.887 bits per heavy atom. The van der Waals surface area contributed by atoms with Crippen molar-refractivity contribution in [2.45, 2.75) is 305 Å². The number of carbonyl (C=O) groups is 4. The molecule has 17 nitrogen and oxygen atoms in total. The lowest BCUT2D eigenvalue weighted by molar-refractivity contribution is -0.161. The molecule has 0 amide bonds. The molecule has 0 rings (SSSR count). The van der Waals surface area contributed by atoms with Crippen LogP contribution in [0.5, 0.6) is 0 Å². The number of aliphatic hydroxyl groups is 1. The van der Waals surface area contributed by atoms with E-state index in [2.05, 4.69) is 55.4 Å². The van der Waals surface area contributed by atoms with Crippen LogP contribution in [0.25, 0.3) is 0 Å². The summed E-state index contributed by atoms with van der Waals surface area (Å²) in [7, 11) is -9.88. The van der Waals surface area contributed by atoms with Gasteiger partial charge in [0.1, 0.15) is 19.3 Å². The van der Waals surface area contributed by atoms with E-state index in [1.54, 1.807) is 0 Å². The molecule has 80 heavy (non-hydrogen) atoms. The molecule has 0 radical (unpaired) electrons. The van der Waals surface area contributed by atoms with Crippen molar-refractivity contribution in [3.8, 4) is 0 Å². The smallest absolute Gasteiger partial charge is 0.462 e. The van der Waals surface area contributed by atoms with Crippen LogP contribution in [-0.4, -0.2) is 96.7 Å². The predicted molar refractivity (Wildman–Crippen MR) is 317 cm³/mol. The molecule has 0 spiro atoms. The Labute approximate surface area is 486 Å². The molecule has 0 saturated heterocycles. The molecule has 0 aliphatic rings. The first-order valence-electron chi connectivity index (χ1n) is 31.7. The van der Waals surface area contributed by atoms with Crippen molar-refractivity contribution in [2.75, 3.05) is 39.6 Å². The number of phosphoric acid groups is 2. The van der Waals surface area contributed by atoms with Gasteiger partial charge in [0, 0.05) is 25.7 Å². The zero-order valence-electron chi connectivity index (χ0n) is 51.7. The first-order valence-corrected chi connectivity index (χ1v) is 34.7. The normalized spacial score (nSPS) is 14.9. The molecule has 0 saturated carbocycles. The Morgan fingerprint density at radius 2 is 0.600 bits per heavy atom. The van der Waals surface area contributed by atoms with E-state index in [9.17, 15) is 43.2 Å². The van der Waals surface area contributed by atoms with Crippen molar-refractivity contribution < 1.29 is 80.2 Å². The number of hydrogen-bond acceptors (Lipinski definition) is 15. The highest BCUT2D eigenvalue weighted by Crippen LogP contribution is 2.45. The van der Waals surface area contributed by atoms with Crippen molar-refractivity contribution in [2.24, 2.45) is 23.7 Å². The first-order chi connectivity index (χ1) is 38.1. The third-order valence-electron chi connectivity index (χ3n) is 14.2. The number of esters is 4. The molecule has 0 fully saturated rings. The summed E-state index contributed by atoms with van der Waals surface area (Å²) in [6.07, 6.45) is 29.7. The van der Waals surface area contributed by atoms with Gasteiger partial charge in [-0.3, -0.25) is 37.3 Å². The highest BCUT2D eigenvalue weighted by atomic mass is 31.2. The predicted octanol–water partition coefficient (Wildman–Crippen LogP) is 16.2. The summed E-state index contributed by atoms with van der Waals surface area (Å²) >= 11 is 0. The molecule has 3 N–H and O–H groups in total. The first kappa shape index (κ1) is 78.1. The number of carbonyl (C=O) groups excluding carboxylic acids is 4. The number of aliphatic hydroxyl groups excluding tert-OH is 1. The largest absolute Gasteiger partial charge is 0.472 e. The third kappa shape index (κ3) is 54.0. The zero-order chi connectivity index (χ0) is 59.7. The average molecular weight is 1190 g/mol. The minimum atomic E-state index is -4.94. The van der Waals surface area contributed by atoms with Crippen molar-refractivity contribution in [1.82, 2.24) is 0 Å². The average Bonchev–Trinajstić information content (AvgIpc) is 3.40. The lowest BCUT2D eigenvalue weighted by Gasteiger charge is -2.21. The SMILES string of the molecule is CCC(C)CCCCCCCCC(=O)OC[C@H](COP(=O)(O)OC[C@H](O)COP(=O)(O)OC[C@@H](COC(=O)CCCCCCCCCC(C)C)OC(=O)CCCCCCCCCCC(C)C)OC(=O)CCCCCCCCC(C)C. The van der Waals surface area contributed by atoms with Gasteiger partial charge in [-0.05, 0) is 49.4 Å². The van der Waals surface area contributed by atoms with Crippen molar-refractivity contribution in [3.05, 3.63) is 0 Å². The molecule has 0 aromatic heterocycles. The van der Waals surface area contributed by atoms with Gasteiger partial charge in [0.2, 0.25) is 0 Å². The minimum absolute atomic E-state index is 0.100. The molecule has 0 heterocycles. The Balaban J connectivity index is 5.25. The fourth-order valence-corrected chi connectivity index (χ4v) is 10.4. The summed E-state index contributed by atoms with van der Waals surface area (Å²) in [6, 6.07) is 0. The van der Waals surface area contributed by atoms with Gasteiger partial charge in [-0.2, -0.15) is 0 Å². The maximum atomic E-state index is 12.9. The van der Waals surface area contributed by atoms with Crippen molar-refractivity contribution in [1.29, 1.82) is 0 Å². The Morgan fingerprint density at radius 1 is 0.350 bits per heavy atom. The summed E-state index contributed by atoms with van der Waals surface area (Å²) in [5.41, 5.74) is 0. The monoisotopic (exact) mass is 1180 g/mol. The Bertz CT molecular complexity index is 1610. The van der Waals surface area contributed by atoms with Gasteiger partial charge >= 0.3 is 39.5 Å². The van der Waals surface area contributed by atoms with E-state index < -0.39 is 97.5 Å². The summed E-state index contributed by atoms with van der Waals surface area (Å²) in [4.78, 5) is 72.0. The van der Waals surface area contributed by atoms with Crippen molar-refractivity contribution >= 4 is 39.5 Å². The van der Waals surface area contributed by atoms with Gasteiger partial charge in [0.05, 0.1) is 26.4 Å². The Hall–Kier alpha value is -1.94. The molecule has 19 heteroatoms. The van der Waals surface area contributed by atoms with E-state index in [1.165, 1.54) is 77.0 Å². The quantitative estimate of drug-likeness (QED) is 0.0222. The van der Waals surface area contributed by atoms with Gasteiger partial charge in [0.15, 0.2) is 12.2 Å². The van der Waals surface area contributed by atoms with Gasteiger partial charge in [-0.25, -0.2) is 9.13 Å². The minimum Gasteiger partial charge on any atom is -0.462 e. The lowest BCUT2D eigenvalue weighted by Crippen LogP contribution is -2.30. The summed E-state index contributed by atoms with van der Waals surface area (Å²) in [6.45, 7) is 13.8. The zero-order valence-corrected chi connectivity index (χ0v) is 53.5. The highest BCUT2D eigenvalue weighted by molar-refractivity contribution is 7.47. The second-order valence-electron chi connectivity index (χ2n) is 23.8. The van der Waals surface area contributed by atoms with E-state index in [4.69, 9.17) is 37.0 Å². The third-order valence-corrected chi connectivity index (χ3v) is 16.1. The number of hydrogen-bond donors (Lipinski definition) is 3. The Kier molecular flexibility index (Phi) is 50.2. The highest BCUT2D eigenvalue weighted by Gasteiger charge is 2.30. The van der Waals surface area contributed by atoms with E-state index in [1.807, 2.05) is 0 Å². The second-order valence-corrected chi connectivity index (χ2v) is 26.7. The number of phosphoric ester groups is 2. The van der Waals surface area contributed by atoms with Crippen LogP contribution in [0.3, 0.4) is 0 Å². The molecule has 0 aromatic carbocycles. The lowest BCUT2D eigenvalue weighted by atomic mass is 10.00. The molecule has 0 aliphatic carbocycles. The van der Waals surface area contributed by atoms with Crippen LogP contribution in [-0.2, 0) is 65.4 Å². The van der Waals surface area contributed by atoms with Crippen LogP contribution in [0.1, 0.15) is 287 Å². The molecular weight excluding hydrogens is 1070 g/mol. The van der Waals surface area contributed by atoms with Gasteiger partial charge < -0.3 is 33.8 Å². The molecule has 474 valence electrons. The number of ether oxygens (including phenoxy) is 4. The van der Waals surface area contributed by atoms with Crippen LogP contribution in [0.4, 0.5) is 0 Å². The fraction of sp³-hybridized carbons (Fsp3) is 0.934. The molecule has 0 aromatic rings. The van der Waals surface area contributed by atoms with Crippen LogP contribution in [0, 0.1) is 23.7 Å². The molecule has 0 aliphatic heterocycles. The van der Waals surface area contributed by atoms with Crippen LogP contribution in [0.15, 0.2) is 0 Å². The summed E-state index contributed by atoms with van der Waals surface area (Å²) < 4.78 is 67.8. The summed E-state index contributed by atoms with van der Waals surface area (Å²) in [5, 5.41) is 10.5. The van der Waals surface area contributed by atoms with Gasteiger partial charge in [0.25, 0.3) is 0 Å². The van der Waals surface area contributed by atoms with E-state index in [-0.39, 0.29) is 25.7 Å². The van der Waals surface area contributed by atoms with E-state index in [0.717, 1.165) is 115 Å². The van der Waals surface area contributed by atoms with Crippen molar-refractivity contribution in [3.63, 3.8) is 0 Å². The topological polar surface area (TPSA) is 237 Å². The molecular formula is C61H118O17P2. The maximum absolute atomic E-state index is 12.9. The fourth-order valence-electron chi connectivity index (χ4n) is 8.87.